The molecular formula is C14H15N3O3S. The van der Waals surface area contributed by atoms with Crippen LogP contribution in [-0.4, -0.2) is 19.3 Å². The lowest BCUT2D eigenvalue weighted by Gasteiger charge is -2.14. The minimum absolute atomic E-state index is 0.0389. The van der Waals surface area contributed by atoms with E-state index in [1.165, 1.54) is 18.3 Å². The monoisotopic (exact) mass is 305 g/mol. The molecule has 1 aromatic carbocycles. The molecule has 21 heavy (non-hydrogen) atoms. The largest absolute Gasteiger partial charge is 0.345 e. The van der Waals surface area contributed by atoms with Crippen molar-refractivity contribution >= 4 is 15.9 Å². The van der Waals surface area contributed by atoms with Crippen LogP contribution in [0, 0.1) is 0 Å². The summed E-state index contributed by atoms with van der Waals surface area (Å²) in [5, 5.41) is 7.85. The summed E-state index contributed by atoms with van der Waals surface area (Å²) in [5.41, 5.74) is 1.24. The molecule has 1 heterocycles. The van der Waals surface area contributed by atoms with Gasteiger partial charge in [-0.15, -0.1) is 0 Å². The molecule has 1 aromatic heterocycles. The van der Waals surface area contributed by atoms with Gasteiger partial charge < -0.3 is 5.32 Å². The van der Waals surface area contributed by atoms with E-state index >= 15 is 0 Å². The average molecular weight is 305 g/mol. The van der Waals surface area contributed by atoms with Gasteiger partial charge in [0, 0.05) is 12.4 Å². The highest BCUT2D eigenvalue weighted by Gasteiger charge is 2.13. The number of nitrogens with two attached hydrogens (primary N) is 1. The number of primary sulfonamides is 1. The van der Waals surface area contributed by atoms with Crippen molar-refractivity contribution in [3.8, 4) is 0 Å². The van der Waals surface area contributed by atoms with Crippen LogP contribution in [0.2, 0.25) is 0 Å². The number of carbonyl (C=O) groups is 1. The van der Waals surface area contributed by atoms with E-state index in [-0.39, 0.29) is 16.8 Å². The van der Waals surface area contributed by atoms with Crippen LogP contribution >= 0.6 is 0 Å². The lowest BCUT2D eigenvalue weighted by atomic mass is 10.1. The highest BCUT2D eigenvalue weighted by molar-refractivity contribution is 7.89. The highest BCUT2D eigenvalue weighted by Crippen LogP contribution is 2.16. The predicted octanol–water partition coefficient (Wildman–Crippen LogP) is 1.22. The molecule has 0 aliphatic heterocycles. The molecule has 1 atom stereocenters. The van der Waals surface area contributed by atoms with E-state index in [2.05, 4.69) is 10.3 Å². The minimum Gasteiger partial charge on any atom is -0.345 e. The van der Waals surface area contributed by atoms with Crippen LogP contribution in [0.5, 0.6) is 0 Å². The topological polar surface area (TPSA) is 102 Å². The van der Waals surface area contributed by atoms with Crippen LogP contribution in [0.4, 0.5) is 0 Å². The Morgan fingerprint density at radius 1 is 1.24 bits per heavy atom. The summed E-state index contributed by atoms with van der Waals surface area (Å²) in [6, 6.07) is 9.14. The van der Waals surface area contributed by atoms with Crippen molar-refractivity contribution in [2.45, 2.75) is 17.9 Å². The molecule has 0 spiro atoms. The molecule has 0 saturated heterocycles. The van der Waals surface area contributed by atoms with Gasteiger partial charge in [-0.1, -0.05) is 12.1 Å². The third-order valence-corrected chi connectivity index (χ3v) is 3.91. The van der Waals surface area contributed by atoms with Gasteiger partial charge in [0.05, 0.1) is 16.5 Å². The molecule has 7 heteroatoms. The van der Waals surface area contributed by atoms with Crippen LogP contribution in [0.25, 0.3) is 0 Å². The van der Waals surface area contributed by atoms with Crippen LogP contribution in [0.1, 0.15) is 28.9 Å². The van der Waals surface area contributed by atoms with Crippen LogP contribution in [0.3, 0.4) is 0 Å². The maximum atomic E-state index is 12.0. The van der Waals surface area contributed by atoms with Gasteiger partial charge in [-0.3, -0.25) is 9.78 Å². The third kappa shape index (κ3) is 3.87. The van der Waals surface area contributed by atoms with Gasteiger partial charge in [0.15, 0.2) is 0 Å². The van der Waals surface area contributed by atoms with E-state index in [1.807, 2.05) is 0 Å². The molecule has 2 rings (SSSR count). The molecule has 0 fully saturated rings. The summed E-state index contributed by atoms with van der Waals surface area (Å²) >= 11 is 0. The van der Waals surface area contributed by atoms with E-state index in [0.29, 0.717) is 5.56 Å². The van der Waals surface area contributed by atoms with Gasteiger partial charge in [0.2, 0.25) is 10.0 Å². The Morgan fingerprint density at radius 3 is 2.43 bits per heavy atom. The van der Waals surface area contributed by atoms with Crippen LogP contribution < -0.4 is 10.5 Å². The summed E-state index contributed by atoms with van der Waals surface area (Å²) in [5.74, 6) is -0.244. The first-order valence-corrected chi connectivity index (χ1v) is 7.76. The number of rotatable bonds is 4. The van der Waals surface area contributed by atoms with E-state index in [9.17, 15) is 13.2 Å². The molecule has 0 bridgehead atoms. The number of nitrogens with zero attached hydrogens (tertiary/aromatic N) is 1. The molecule has 0 aliphatic rings. The number of carbonyl (C=O) groups excluding carboxylic acids is 1. The van der Waals surface area contributed by atoms with Gasteiger partial charge in [0.25, 0.3) is 5.91 Å². The lowest BCUT2D eigenvalue weighted by Crippen LogP contribution is -2.26. The SMILES string of the molecule is C[C@@H](NC(=O)c1cccnc1)c1ccc(S(N)(=O)=O)cc1. The fraction of sp³-hybridized carbons (Fsp3) is 0.143. The van der Waals surface area contributed by atoms with Gasteiger partial charge in [-0.05, 0) is 36.8 Å². The molecule has 2 aromatic rings. The second-order valence-electron chi connectivity index (χ2n) is 4.55. The molecule has 3 N–H and O–H groups in total. The van der Waals surface area contributed by atoms with Crippen LogP contribution in [-0.2, 0) is 10.0 Å². The fourth-order valence-electron chi connectivity index (χ4n) is 1.81. The standard InChI is InChI=1S/C14H15N3O3S/c1-10(17-14(18)12-3-2-8-16-9-12)11-4-6-13(7-5-11)21(15,19)20/h2-10H,1H3,(H,17,18)(H2,15,19,20)/t10-/m1/s1. The molecule has 110 valence electrons. The molecule has 0 saturated carbocycles. The van der Waals surface area contributed by atoms with Crippen molar-refractivity contribution in [1.29, 1.82) is 0 Å². The summed E-state index contributed by atoms with van der Waals surface area (Å²) in [4.78, 5) is 15.9. The number of hydrogen-bond donors (Lipinski definition) is 2. The predicted molar refractivity (Wildman–Crippen MR) is 77.9 cm³/mol. The zero-order valence-electron chi connectivity index (χ0n) is 11.4. The number of aromatic nitrogens is 1. The normalized spacial score (nSPS) is 12.7. The first-order valence-electron chi connectivity index (χ1n) is 6.21. The molecule has 1 amide bonds. The van der Waals surface area contributed by atoms with E-state index in [4.69, 9.17) is 5.14 Å². The van der Waals surface area contributed by atoms with E-state index in [0.717, 1.165) is 5.56 Å². The number of hydrogen-bond acceptors (Lipinski definition) is 4. The zero-order chi connectivity index (χ0) is 15.5. The van der Waals surface area contributed by atoms with Gasteiger partial charge in [0.1, 0.15) is 0 Å². The number of sulfonamides is 1. The van der Waals surface area contributed by atoms with Crippen molar-refractivity contribution < 1.29 is 13.2 Å². The quantitative estimate of drug-likeness (QED) is 0.886. The Morgan fingerprint density at radius 2 is 1.90 bits per heavy atom. The fourth-order valence-corrected chi connectivity index (χ4v) is 2.32. The molecule has 0 aliphatic carbocycles. The van der Waals surface area contributed by atoms with Crippen molar-refractivity contribution in [3.05, 3.63) is 59.9 Å². The van der Waals surface area contributed by atoms with E-state index < -0.39 is 10.0 Å². The second kappa shape index (κ2) is 6.02. The van der Waals surface area contributed by atoms with Crippen molar-refractivity contribution in [1.82, 2.24) is 10.3 Å². The Balaban J connectivity index is 2.10. The van der Waals surface area contributed by atoms with Gasteiger partial charge in [-0.2, -0.15) is 0 Å². The number of nitrogens with one attached hydrogen (secondary N) is 1. The Kier molecular flexibility index (Phi) is 4.35. The van der Waals surface area contributed by atoms with Crippen molar-refractivity contribution in [2.24, 2.45) is 5.14 Å². The Labute approximate surface area is 123 Å². The Bertz CT molecular complexity index is 728. The molecule has 6 nitrogen and oxygen atoms in total. The summed E-state index contributed by atoms with van der Waals surface area (Å²) in [7, 11) is -3.71. The maximum absolute atomic E-state index is 12.0. The molecular weight excluding hydrogens is 290 g/mol. The third-order valence-electron chi connectivity index (χ3n) is 2.98. The van der Waals surface area contributed by atoms with Crippen LogP contribution in [0.15, 0.2) is 53.7 Å². The number of pyridine rings is 1. The minimum atomic E-state index is -3.71. The average Bonchev–Trinajstić information content (AvgIpc) is 2.47. The lowest BCUT2D eigenvalue weighted by molar-refractivity contribution is 0.0939. The highest BCUT2D eigenvalue weighted by atomic mass is 32.2. The van der Waals surface area contributed by atoms with Crippen molar-refractivity contribution in [3.63, 3.8) is 0 Å². The summed E-state index contributed by atoms with van der Waals surface area (Å²) in [6.45, 7) is 1.81. The smallest absolute Gasteiger partial charge is 0.253 e. The summed E-state index contributed by atoms with van der Waals surface area (Å²) < 4.78 is 22.4. The first kappa shape index (κ1) is 15.1. The summed E-state index contributed by atoms with van der Waals surface area (Å²) in [6.07, 6.45) is 3.07. The Hall–Kier alpha value is -2.25. The number of benzene rings is 1. The maximum Gasteiger partial charge on any atom is 0.253 e. The van der Waals surface area contributed by atoms with Gasteiger partial charge in [-0.25, -0.2) is 13.6 Å². The zero-order valence-corrected chi connectivity index (χ0v) is 12.2. The molecule has 0 radical (unpaired) electrons. The van der Waals surface area contributed by atoms with Crippen molar-refractivity contribution in [2.75, 3.05) is 0 Å². The number of amides is 1. The second-order valence-corrected chi connectivity index (χ2v) is 6.11. The molecule has 0 unspecified atom stereocenters. The van der Waals surface area contributed by atoms with Gasteiger partial charge >= 0.3 is 0 Å². The first-order chi connectivity index (χ1) is 9.88. The van der Waals surface area contributed by atoms with E-state index in [1.54, 1.807) is 37.4 Å².